The normalized spacial score (nSPS) is 9.79. The first kappa shape index (κ1) is 8.62. The van der Waals surface area contributed by atoms with Gasteiger partial charge in [0.2, 0.25) is 0 Å². The molecule has 0 fully saturated rings. The number of rotatable bonds is 2. The highest BCUT2D eigenvalue weighted by Gasteiger charge is 1.99. The molecule has 0 spiro atoms. The SMILES string of the molecule is Fc1ccccc1Nc1cncnc1. The highest BCUT2D eigenvalue weighted by Crippen LogP contribution is 2.17. The molecule has 0 saturated heterocycles. The zero-order valence-corrected chi connectivity index (χ0v) is 7.31. The van der Waals surface area contributed by atoms with Crippen LogP contribution in [-0.4, -0.2) is 9.97 Å². The summed E-state index contributed by atoms with van der Waals surface area (Å²) in [5.41, 5.74) is 1.08. The zero-order chi connectivity index (χ0) is 9.80. The summed E-state index contributed by atoms with van der Waals surface area (Å²) in [5.74, 6) is -0.295. The van der Waals surface area contributed by atoms with Gasteiger partial charge >= 0.3 is 0 Å². The lowest BCUT2D eigenvalue weighted by Gasteiger charge is -2.05. The second kappa shape index (κ2) is 3.83. The van der Waals surface area contributed by atoms with Gasteiger partial charge in [-0.3, -0.25) is 0 Å². The molecule has 0 aliphatic carbocycles. The summed E-state index contributed by atoms with van der Waals surface area (Å²) in [6.07, 6.45) is 4.59. The number of halogens is 1. The number of nitrogens with zero attached hydrogens (tertiary/aromatic N) is 2. The predicted molar refractivity (Wildman–Crippen MR) is 51.7 cm³/mol. The molecule has 0 atom stereocenters. The van der Waals surface area contributed by atoms with Crippen LogP contribution in [0.3, 0.4) is 0 Å². The van der Waals surface area contributed by atoms with Gasteiger partial charge in [-0.1, -0.05) is 12.1 Å². The van der Waals surface area contributed by atoms with Crippen LogP contribution < -0.4 is 5.32 Å². The van der Waals surface area contributed by atoms with E-state index in [1.54, 1.807) is 30.6 Å². The Morgan fingerprint density at radius 2 is 1.79 bits per heavy atom. The molecule has 0 radical (unpaired) electrons. The second-order valence-electron chi connectivity index (χ2n) is 2.73. The number of para-hydroxylation sites is 1. The van der Waals surface area contributed by atoms with E-state index in [-0.39, 0.29) is 5.82 Å². The molecular formula is C10H8FN3. The number of benzene rings is 1. The summed E-state index contributed by atoms with van der Waals surface area (Å²) < 4.78 is 13.2. The zero-order valence-electron chi connectivity index (χ0n) is 7.31. The van der Waals surface area contributed by atoms with E-state index in [1.807, 2.05) is 0 Å². The molecule has 0 bridgehead atoms. The van der Waals surface area contributed by atoms with Crippen molar-refractivity contribution in [3.63, 3.8) is 0 Å². The molecule has 3 nitrogen and oxygen atoms in total. The van der Waals surface area contributed by atoms with E-state index in [4.69, 9.17) is 0 Å². The van der Waals surface area contributed by atoms with Crippen LogP contribution in [0.4, 0.5) is 15.8 Å². The molecule has 0 aliphatic rings. The third-order valence-corrected chi connectivity index (χ3v) is 1.71. The Bertz CT molecular complexity index is 417. The molecule has 14 heavy (non-hydrogen) atoms. The lowest BCUT2D eigenvalue weighted by Crippen LogP contribution is -1.94. The van der Waals surface area contributed by atoms with Crippen LogP contribution in [0.25, 0.3) is 0 Å². The maximum atomic E-state index is 13.2. The van der Waals surface area contributed by atoms with Crippen LogP contribution in [0.1, 0.15) is 0 Å². The summed E-state index contributed by atoms with van der Waals surface area (Å²) in [6.45, 7) is 0. The van der Waals surface area contributed by atoms with Crippen LogP contribution >= 0.6 is 0 Å². The Morgan fingerprint density at radius 1 is 1.07 bits per heavy atom. The minimum atomic E-state index is -0.295. The van der Waals surface area contributed by atoms with Gasteiger partial charge in [-0.05, 0) is 12.1 Å². The molecule has 4 heteroatoms. The van der Waals surface area contributed by atoms with Crippen molar-refractivity contribution < 1.29 is 4.39 Å². The predicted octanol–water partition coefficient (Wildman–Crippen LogP) is 2.36. The van der Waals surface area contributed by atoms with Gasteiger partial charge in [0, 0.05) is 0 Å². The minimum Gasteiger partial charge on any atom is -0.351 e. The summed E-state index contributed by atoms with van der Waals surface area (Å²) in [4.78, 5) is 7.63. The van der Waals surface area contributed by atoms with E-state index >= 15 is 0 Å². The standard InChI is InChI=1S/C10H8FN3/c11-9-3-1-2-4-10(9)14-8-5-12-7-13-6-8/h1-7,14H. The van der Waals surface area contributed by atoms with Gasteiger partial charge in [0.1, 0.15) is 12.1 Å². The van der Waals surface area contributed by atoms with Crippen LogP contribution in [0.2, 0.25) is 0 Å². The largest absolute Gasteiger partial charge is 0.351 e. The quantitative estimate of drug-likeness (QED) is 0.788. The van der Waals surface area contributed by atoms with Crippen molar-refractivity contribution in [2.45, 2.75) is 0 Å². The molecule has 2 rings (SSSR count). The smallest absolute Gasteiger partial charge is 0.146 e. The summed E-state index contributed by atoms with van der Waals surface area (Å²) in [5, 5.41) is 2.87. The van der Waals surface area contributed by atoms with Crippen LogP contribution in [0.5, 0.6) is 0 Å². The van der Waals surface area contributed by atoms with Gasteiger partial charge in [-0.25, -0.2) is 14.4 Å². The molecule has 1 aromatic carbocycles. The van der Waals surface area contributed by atoms with Crippen molar-refractivity contribution in [2.75, 3.05) is 5.32 Å². The molecule has 1 aromatic heterocycles. The maximum Gasteiger partial charge on any atom is 0.146 e. The van der Waals surface area contributed by atoms with Crippen molar-refractivity contribution >= 4 is 11.4 Å². The van der Waals surface area contributed by atoms with Gasteiger partial charge in [0.05, 0.1) is 23.8 Å². The Hall–Kier alpha value is -1.97. The first-order valence-corrected chi connectivity index (χ1v) is 4.13. The lowest BCUT2D eigenvalue weighted by atomic mass is 10.3. The van der Waals surface area contributed by atoms with Crippen molar-refractivity contribution in [1.29, 1.82) is 0 Å². The minimum absolute atomic E-state index is 0.295. The van der Waals surface area contributed by atoms with E-state index in [0.29, 0.717) is 11.4 Å². The molecule has 0 unspecified atom stereocenters. The van der Waals surface area contributed by atoms with Gasteiger partial charge in [-0.15, -0.1) is 0 Å². The number of hydrogen-bond acceptors (Lipinski definition) is 3. The van der Waals surface area contributed by atoms with Crippen LogP contribution in [0.15, 0.2) is 43.0 Å². The van der Waals surface area contributed by atoms with Gasteiger partial charge in [-0.2, -0.15) is 0 Å². The molecule has 1 heterocycles. The number of nitrogens with one attached hydrogen (secondary N) is 1. The highest BCUT2D eigenvalue weighted by molar-refractivity contribution is 5.57. The fraction of sp³-hybridized carbons (Fsp3) is 0. The molecule has 2 aromatic rings. The van der Waals surface area contributed by atoms with E-state index in [9.17, 15) is 4.39 Å². The summed E-state index contributed by atoms with van der Waals surface area (Å²) in [7, 11) is 0. The van der Waals surface area contributed by atoms with E-state index in [1.165, 1.54) is 12.4 Å². The topological polar surface area (TPSA) is 37.8 Å². The molecule has 0 aliphatic heterocycles. The second-order valence-corrected chi connectivity index (χ2v) is 2.73. The number of aromatic nitrogens is 2. The average Bonchev–Trinajstić information content (AvgIpc) is 2.23. The Morgan fingerprint density at radius 3 is 2.50 bits per heavy atom. The fourth-order valence-electron chi connectivity index (χ4n) is 1.08. The summed E-state index contributed by atoms with van der Waals surface area (Å²) >= 11 is 0. The Labute approximate surface area is 80.6 Å². The first-order valence-electron chi connectivity index (χ1n) is 4.13. The monoisotopic (exact) mass is 189 g/mol. The maximum absolute atomic E-state index is 13.2. The first-order chi connectivity index (χ1) is 6.86. The third-order valence-electron chi connectivity index (χ3n) is 1.71. The van der Waals surface area contributed by atoms with E-state index in [2.05, 4.69) is 15.3 Å². The Balaban J connectivity index is 2.24. The molecule has 1 N–H and O–H groups in total. The third kappa shape index (κ3) is 1.85. The van der Waals surface area contributed by atoms with Crippen molar-refractivity contribution in [3.05, 3.63) is 48.8 Å². The van der Waals surface area contributed by atoms with Crippen LogP contribution in [-0.2, 0) is 0 Å². The molecule has 0 amide bonds. The molecule has 0 saturated carbocycles. The number of hydrogen-bond donors (Lipinski definition) is 1. The van der Waals surface area contributed by atoms with Gasteiger partial charge < -0.3 is 5.32 Å². The summed E-state index contributed by atoms with van der Waals surface area (Å²) in [6, 6.07) is 6.45. The average molecular weight is 189 g/mol. The molecular weight excluding hydrogens is 181 g/mol. The van der Waals surface area contributed by atoms with E-state index < -0.39 is 0 Å². The van der Waals surface area contributed by atoms with Gasteiger partial charge in [0.15, 0.2) is 0 Å². The van der Waals surface area contributed by atoms with Crippen LogP contribution in [0, 0.1) is 5.82 Å². The van der Waals surface area contributed by atoms with Crippen molar-refractivity contribution in [3.8, 4) is 0 Å². The Kier molecular flexibility index (Phi) is 2.36. The van der Waals surface area contributed by atoms with Crippen molar-refractivity contribution in [2.24, 2.45) is 0 Å². The lowest BCUT2D eigenvalue weighted by molar-refractivity contribution is 0.632. The highest BCUT2D eigenvalue weighted by atomic mass is 19.1. The van der Waals surface area contributed by atoms with E-state index in [0.717, 1.165) is 0 Å². The van der Waals surface area contributed by atoms with Gasteiger partial charge in [0.25, 0.3) is 0 Å². The number of anilines is 2. The fourth-order valence-corrected chi connectivity index (χ4v) is 1.08. The van der Waals surface area contributed by atoms with Crippen molar-refractivity contribution in [1.82, 2.24) is 9.97 Å². The molecule has 70 valence electrons.